The van der Waals surface area contributed by atoms with Gasteiger partial charge in [-0.2, -0.15) is 0 Å². The molecule has 3 aromatic rings. The number of anilines is 1. The zero-order chi connectivity index (χ0) is 20.1. The fraction of sp³-hybridized carbons (Fsp3) is 0.200. The summed E-state index contributed by atoms with van der Waals surface area (Å²) in [5, 5.41) is 5.16. The molecule has 0 saturated heterocycles. The van der Waals surface area contributed by atoms with E-state index in [1.807, 2.05) is 12.1 Å². The molecule has 7 nitrogen and oxygen atoms in total. The number of nitrogens with one attached hydrogen (secondary N) is 1. The Morgan fingerprint density at radius 1 is 0.964 bits per heavy atom. The summed E-state index contributed by atoms with van der Waals surface area (Å²) >= 11 is 1.35. The minimum Gasteiger partial charge on any atom is -0.497 e. The van der Waals surface area contributed by atoms with Gasteiger partial charge in [-0.3, -0.25) is 4.79 Å². The van der Waals surface area contributed by atoms with Crippen molar-refractivity contribution in [3.05, 3.63) is 47.5 Å². The average molecular weight is 400 g/mol. The Morgan fingerprint density at radius 3 is 2.43 bits per heavy atom. The Morgan fingerprint density at radius 2 is 1.75 bits per heavy atom. The normalized spacial score (nSPS) is 10.3. The van der Waals surface area contributed by atoms with Gasteiger partial charge in [0.15, 0.2) is 11.5 Å². The number of amides is 1. The van der Waals surface area contributed by atoms with Crippen LogP contribution in [-0.2, 0) is 0 Å². The average Bonchev–Trinajstić information content (AvgIpc) is 3.23. The molecule has 0 saturated carbocycles. The van der Waals surface area contributed by atoms with Gasteiger partial charge in [0.1, 0.15) is 22.2 Å². The van der Waals surface area contributed by atoms with Crippen LogP contribution in [0.5, 0.6) is 23.0 Å². The van der Waals surface area contributed by atoms with Crippen LogP contribution in [0.1, 0.15) is 10.5 Å². The molecule has 1 N–H and O–H groups in total. The zero-order valence-electron chi connectivity index (χ0n) is 15.9. The minimum absolute atomic E-state index is 0.294. The van der Waals surface area contributed by atoms with Crippen molar-refractivity contribution in [1.29, 1.82) is 0 Å². The second kappa shape index (κ2) is 8.62. The molecule has 8 heteroatoms. The highest BCUT2D eigenvalue weighted by molar-refractivity contribution is 7.13. The monoisotopic (exact) mass is 400 g/mol. The van der Waals surface area contributed by atoms with Gasteiger partial charge in [0.2, 0.25) is 0 Å². The maximum absolute atomic E-state index is 12.6. The molecule has 1 heterocycles. The summed E-state index contributed by atoms with van der Waals surface area (Å²) in [7, 11) is 6.24. The number of hydrogen-bond donors (Lipinski definition) is 1. The standard InChI is InChI=1S/C20H20N2O5S/c1-24-12-8-9-14(17(10-12)26-3)21-19(23)15-11-28-20(22-15)13-6-5-7-16(25-2)18(13)27-4/h5-11H,1-4H3,(H,21,23). The molecular formula is C20H20N2O5S. The Labute approximate surface area is 166 Å². The molecule has 0 bridgehead atoms. The first-order valence-corrected chi connectivity index (χ1v) is 9.19. The highest BCUT2D eigenvalue weighted by Gasteiger charge is 2.18. The summed E-state index contributed by atoms with van der Waals surface area (Å²) in [4.78, 5) is 17.1. The Balaban J connectivity index is 1.86. The lowest BCUT2D eigenvalue weighted by Gasteiger charge is -2.11. The second-order valence-electron chi connectivity index (χ2n) is 5.60. The van der Waals surface area contributed by atoms with Gasteiger partial charge in [-0.15, -0.1) is 11.3 Å². The molecule has 2 aromatic carbocycles. The highest BCUT2D eigenvalue weighted by Crippen LogP contribution is 2.39. The molecule has 28 heavy (non-hydrogen) atoms. The predicted octanol–water partition coefficient (Wildman–Crippen LogP) is 4.10. The maximum Gasteiger partial charge on any atom is 0.275 e. The van der Waals surface area contributed by atoms with E-state index in [2.05, 4.69) is 10.3 Å². The second-order valence-corrected chi connectivity index (χ2v) is 6.46. The number of hydrogen-bond acceptors (Lipinski definition) is 7. The first-order valence-electron chi connectivity index (χ1n) is 8.31. The molecule has 0 spiro atoms. The molecular weight excluding hydrogens is 380 g/mol. The van der Waals surface area contributed by atoms with Crippen LogP contribution in [0, 0.1) is 0 Å². The van der Waals surface area contributed by atoms with Gasteiger partial charge in [0, 0.05) is 11.4 Å². The van der Waals surface area contributed by atoms with Crippen molar-refractivity contribution in [1.82, 2.24) is 4.98 Å². The topological polar surface area (TPSA) is 78.9 Å². The summed E-state index contributed by atoms with van der Waals surface area (Å²) in [6.07, 6.45) is 0. The lowest BCUT2D eigenvalue weighted by atomic mass is 10.2. The number of rotatable bonds is 7. The van der Waals surface area contributed by atoms with Gasteiger partial charge in [0.05, 0.1) is 39.7 Å². The van der Waals surface area contributed by atoms with Crippen LogP contribution in [0.2, 0.25) is 0 Å². The van der Waals surface area contributed by atoms with Crippen LogP contribution in [0.3, 0.4) is 0 Å². The molecule has 0 fully saturated rings. The molecule has 0 aliphatic carbocycles. The van der Waals surface area contributed by atoms with Crippen molar-refractivity contribution in [2.24, 2.45) is 0 Å². The lowest BCUT2D eigenvalue weighted by molar-refractivity contribution is 0.102. The molecule has 0 aliphatic rings. The van der Waals surface area contributed by atoms with E-state index in [9.17, 15) is 4.79 Å². The van der Waals surface area contributed by atoms with Crippen molar-refractivity contribution >= 4 is 22.9 Å². The molecule has 0 radical (unpaired) electrons. The summed E-state index contributed by atoms with van der Waals surface area (Å²) in [5.41, 5.74) is 1.58. The van der Waals surface area contributed by atoms with Crippen LogP contribution < -0.4 is 24.3 Å². The number of carbonyl (C=O) groups is 1. The molecule has 0 aliphatic heterocycles. The largest absolute Gasteiger partial charge is 0.497 e. The molecule has 3 rings (SSSR count). The maximum atomic E-state index is 12.6. The summed E-state index contributed by atoms with van der Waals surface area (Å²) in [5.74, 6) is 1.97. The molecule has 0 unspecified atom stereocenters. The van der Waals surface area contributed by atoms with Gasteiger partial charge in [0.25, 0.3) is 5.91 Å². The fourth-order valence-electron chi connectivity index (χ4n) is 2.65. The molecule has 1 amide bonds. The van der Waals surface area contributed by atoms with Gasteiger partial charge in [-0.25, -0.2) is 4.98 Å². The van der Waals surface area contributed by atoms with Crippen molar-refractivity contribution in [3.63, 3.8) is 0 Å². The van der Waals surface area contributed by atoms with Gasteiger partial charge >= 0.3 is 0 Å². The highest BCUT2D eigenvalue weighted by atomic mass is 32.1. The summed E-state index contributed by atoms with van der Waals surface area (Å²) < 4.78 is 21.3. The number of benzene rings is 2. The van der Waals surface area contributed by atoms with Crippen LogP contribution in [-0.4, -0.2) is 39.3 Å². The summed E-state index contributed by atoms with van der Waals surface area (Å²) in [6.45, 7) is 0. The van der Waals surface area contributed by atoms with E-state index in [1.165, 1.54) is 18.4 Å². The van der Waals surface area contributed by atoms with Crippen LogP contribution in [0.25, 0.3) is 10.6 Å². The molecule has 146 valence electrons. The fourth-order valence-corrected chi connectivity index (χ4v) is 3.47. The SMILES string of the molecule is COc1ccc(NC(=O)c2csc(-c3cccc(OC)c3OC)n2)c(OC)c1. The van der Waals surface area contributed by atoms with Gasteiger partial charge < -0.3 is 24.3 Å². The van der Waals surface area contributed by atoms with Crippen molar-refractivity contribution in [3.8, 4) is 33.6 Å². The first kappa shape index (κ1) is 19.5. The Hall–Kier alpha value is -3.26. The minimum atomic E-state index is -0.340. The van der Waals surface area contributed by atoms with E-state index in [-0.39, 0.29) is 5.91 Å². The van der Waals surface area contributed by atoms with E-state index in [4.69, 9.17) is 18.9 Å². The Kier molecular flexibility index (Phi) is 6.00. The van der Waals surface area contributed by atoms with E-state index < -0.39 is 0 Å². The Bertz CT molecular complexity index is 986. The van der Waals surface area contributed by atoms with Gasteiger partial charge in [-0.05, 0) is 24.3 Å². The lowest BCUT2D eigenvalue weighted by Crippen LogP contribution is -2.13. The number of aromatic nitrogens is 1. The smallest absolute Gasteiger partial charge is 0.275 e. The van der Waals surface area contributed by atoms with Crippen molar-refractivity contribution < 1.29 is 23.7 Å². The molecule has 0 atom stereocenters. The van der Waals surface area contributed by atoms with Crippen LogP contribution >= 0.6 is 11.3 Å². The van der Waals surface area contributed by atoms with Crippen molar-refractivity contribution in [2.75, 3.05) is 33.8 Å². The molecule has 1 aromatic heterocycles. The number of carbonyl (C=O) groups excluding carboxylic acids is 1. The zero-order valence-corrected chi connectivity index (χ0v) is 16.8. The van der Waals surface area contributed by atoms with E-state index in [1.54, 1.807) is 51.0 Å². The quantitative estimate of drug-likeness (QED) is 0.643. The number of para-hydroxylation sites is 1. The third-order valence-corrected chi connectivity index (χ3v) is 4.90. The van der Waals surface area contributed by atoms with E-state index in [0.29, 0.717) is 39.4 Å². The van der Waals surface area contributed by atoms with Crippen LogP contribution in [0.4, 0.5) is 5.69 Å². The third-order valence-electron chi connectivity index (χ3n) is 4.03. The van der Waals surface area contributed by atoms with Crippen LogP contribution in [0.15, 0.2) is 41.8 Å². The number of ether oxygens (including phenoxy) is 4. The van der Waals surface area contributed by atoms with E-state index >= 15 is 0 Å². The number of nitrogens with zero attached hydrogens (tertiary/aromatic N) is 1. The van der Waals surface area contributed by atoms with Crippen molar-refractivity contribution in [2.45, 2.75) is 0 Å². The van der Waals surface area contributed by atoms with Gasteiger partial charge in [-0.1, -0.05) is 6.07 Å². The number of methoxy groups -OCH3 is 4. The summed E-state index contributed by atoms with van der Waals surface area (Å²) in [6, 6.07) is 10.7. The third kappa shape index (κ3) is 3.86. The predicted molar refractivity (Wildman–Crippen MR) is 108 cm³/mol. The number of thiazole rings is 1. The van der Waals surface area contributed by atoms with E-state index in [0.717, 1.165) is 5.56 Å². The first-order chi connectivity index (χ1) is 13.6.